The molecule has 3 aromatic rings. The number of hydrogen-bond donors (Lipinski definition) is 1. The summed E-state index contributed by atoms with van der Waals surface area (Å²) in [6, 6.07) is 23.5. The molecule has 194 valence electrons. The van der Waals surface area contributed by atoms with Gasteiger partial charge in [-0.1, -0.05) is 55.1 Å². The standard InChI is InChI=1S/C28H29F3N2O3P/c1-3-36-27(34)26(20-22-14-16-23(17-15-22)28(29,30)31)21(2)37(35)32(24-10-6-4-7-11-24)18-19-33(37)25-12-8-5-9-13-25/h4-17,26,35H,2-3,18-20H2,1H3/q+1. The van der Waals surface area contributed by atoms with Crippen LogP contribution in [0.3, 0.4) is 0 Å². The molecule has 1 saturated heterocycles. The molecule has 4 rings (SSSR count). The number of rotatable bonds is 8. The van der Waals surface area contributed by atoms with Crippen LogP contribution in [0.5, 0.6) is 0 Å². The fourth-order valence-electron chi connectivity index (χ4n) is 4.54. The fourth-order valence-corrected chi connectivity index (χ4v) is 7.69. The number of ether oxygens (including phenoxy) is 1. The van der Waals surface area contributed by atoms with Crippen molar-refractivity contribution in [3.05, 3.63) is 108 Å². The van der Waals surface area contributed by atoms with Crippen LogP contribution < -0.4 is 9.34 Å². The first kappa shape index (κ1) is 26.7. The minimum Gasteiger partial charge on any atom is -0.465 e. The number of para-hydroxylation sites is 2. The summed E-state index contributed by atoms with van der Waals surface area (Å²) >= 11 is 0. The van der Waals surface area contributed by atoms with Crippen LogP contribution in [0.15, 0.2) is 96.8 Å². The summed E-state index contributed by atoms with van der Waals surface area (Å²) in [7, 11) is -3.39. The number of nitrogens with zero attached hydrogens (tertiary/aromatic N) is 2. The fraction of sp³-hybridized carbons (Fsp3) is 0.250. The lowest BCUT2D eigenvalue weighted by Gasteiger charge is -2.34. The molecule has 0 aromatic heterocycles. The minimum atomic E-state index is -4.46. The van der Waals surface area contributed by atoms with Crippen molar-refractivity contribution >= 4 is 25.1 Å². The molecule has 1 atom stereocenters. The minimum absolute atomic E-state index is 0.0450. The van der Waals surface area contributed by atoms with Crippen molar-refractivity contribution in [1.29, 1.82) is 0 Å². The lowest BCUT2D eigenvalue weighted by atomic mass is 9.98. The smallest absolute Gasteiger partial charge is 0.416 e. The van der Waals surface area contributed by atoms with Crippen LogP contribution >= 0.6 is 7.79 Å². The van der Waals surface area contributed by atoms with Crippen LogP contribution in [0.4, 0.5) is 24.5 Å². The second kappa shape index (κ2) is 11.0. The number of alkyl halides is 3. The Kier molecular flexibility index (Phi) is 7.90. The molecule has 1 heterocycles. The van der Waals surface area contributed by atoms with E-state index >= 15 is 0 Å². The zero-order chi connectivity index (χ0) is 26.6. The normalized spacial score (nSPS) is 15.9. The molecule has 0 spiro atoms. The zero-order valence-corrected chi connectivity index (χ0v) is 21.3. The van der Waals surface area contributed by atoms with Crippen LogP contribution in [-0.4, -0.2) is 30.6 Å². The highest BCUT2D eigenvalue weighted by Crippen LogP contribution is 2.73. The molecule has 1 aliphatic heterocycles. The summed E-state index contributed by atoms with van der Waals surface area (Å²) in [5, 5.41) is 0.288. The van der Waals surface area contributed by atoms with Gasteiger partial charge in [0, 0.05) is 0 Å². The number of hydrogen-bond acceptors (Lipinski definition) is 5. The summed E-state index contributed by atoms with van der Waals surface area (Å²) in [6.07, 6.45) is -4.41. The van der Waals surface area contributed by atoms with E-state index in [9.17, 15) is 22.9 Å². The lowest BCUT2D eigenvalue weighted by Crippen LogP contribution is -2.32. The number of anilines is 2. The summed E-state index contributed by atoms with van der Waals surface area (Å²) in [6.45, 7) is 7.05. The van der Waals surface area contributed by atoms with Gasteiger partial charge in [0.15, 0.2) is 5.31 Å². The molecule has 0 saturated carbocycles. The van der Waals surface area contributed by atoms with Crippen LogP contribution in [0.2, 0.25) is 0 Å². The van der Waals surface area contributed by atoms with Gasteiger partial charge in [-0.2, -0.15) is 27.4 Å². The third-order valence-corrected chi connectivity index (χ3v) is 9.68. The average molecular weight is 530 g/mol. The van der Waals surface area contributed by atoms with E-state index in [2.05, 4.69) is 6.58 Å². The maximum atomic E-state index is 13.2. The van der Waals surface area contributed by atoms with Crippen LogP contribution in [0.25, 0.3) is 0 Å². The number of benzene rings is 3. The SMILES string of the molecule is C=C(C(Cc1ccc(C(F)(F)F)cc1)C(=O)OCC)[P+]1(O)N(c2ccccc2)CCN1c1ccccc1. The molecule has 9 heteroatoms. The third-order valence-electron chi connectivity index (χ3n) is 6.39. The van der Waals surface area contributed by atoms with Crippen LogP contribution in [0, 0.1) is 5.92 Å². The molecule has 3 aromatic carbocycles. The predicted molar refractivity (Wildman–Crippen MR) is 141 cm³/mol. The van der Waals surface area contributed by atoms with Gasteiger partial charge >= 0.3 is 19.9 Å². The Morgan fingerprint density at radius 3 is 1.86 bits per heavy atom. The van der Waals surface area contributed by atoms with E-state index < -0.39 is 31.4 Å². The van der Waals surface area contributed by atoms with Gasteiger partial charge in [0.05, 0.1) is 36.6 Å². The lowest BCUT2D eigenvalue weighted by molar-refractivity contribution is -0.146. The molecule has 1 fully saturated rings. The summed E-state index contributed by atoms with van der Waals surface area (Å²) < 4.78 is 48.4. The van der Waals surface area contributed by atoms with Gasteiger partial charge < -0.3 is 4.74 Å². The number of esters is 1. The first-order valence-corrected chi connectivity index (χ1v) is 13.6. The Balaban J connectivity index is 1.75. The highest BCUT2D eigenvalue weighted by atomic mass is 31.2. The summed E-state index contributed by atoms with van der Waals surface area (Å²) in [4.78, 5) is 25.7. The molecule has 1 unspecified atom stereocenters. The molecule has 0 bridgehead atoms. The van der Waals surface area contributed by atoms with E-state index in [0.29, 0.717) is 18.7 Å². The monoisotopic (exact) mass is 529 g/mol. The van der Waals surface area contributed by atoms with Crippen molar-refractivity contribution < 1.29 is 27.6 Å². The average Bonchev–Trinajstić information content (AvgIpc) is 3.26. The van der Waals surface area contributed by atoms with Gasteiger partial charge in [-0.05, 0) is 55.3 Å². The molecule has 5 nitrogen and oxygen atoms in total. The Hall–Kier alpha value is -3.35. The second-order valence-electron chi connectivity index (χ2n) is 8.68. The molecule has 0 aliphatic carbocycles. The zero-order valence-electron chi connectivity index (χ0n) is 20.4. The van der Waals surface area contributed by atoms with Gasteiger partial charge in [-0.15, -0.1) is 0 Å². The van der Waals surface area contributed by atoms with E-state index in [-0.39, 0.29) is 18.3 Å². The van der Waals surface area contributed by atoms with Gasteiger partial charge in [-0.3, -0.25) is 4.79 Å². The highest BCUT2D eigenvalue weighted by molar-refractivity contribution is 7.77. The third kappa shape index (κ3) is 5.50. The van der Waals surface area contributed by atoms with Gasteiger partial charge in [0.25, 0.3) is 0 Å². The van der Waals surface area contributed by atoms with Crippen molar-refractivity contribution in [2.45, 2.75) is 19.5 Å². The second-order valence-corrected chi connectivity index (χ2v) is 11.4. The van der Waals surface area contributed by atoms with E-state index in [4.69, 9.17) is 4.74 Å². The Morgan fingerprint density at radius 1 is 0.946 bits per heavy atom. The summed E-state index contributed by atoms with van der Waals surface area (Å²) in [5.74, 6) is -1.54. The first-order chi connectivity index (χ1) is 17.7. The van der Waals surface area contributed by atoms with E-state index in [1.165, 1.54) is 12.1 Å². The molecular formula is C28H29F3N2O3P+. The number of carbonyl (C=O) groups is 1. The van der Waals surface area contributed by atoms with E-state index in [1.54, 1.807) is 6.92 Å². The Labute approximate surface area is 215 Å². The van der Waals surface area contributed by atoms with Gasteiger partial charge in [0.2, 0.25) is 0 Å². The van der Waals surface area contributed by atoms with Crippen molar-refractivity contribution in [3.8, 4) is 0 Å². The quantitative estimate of drug-likeness (QED) is 0.259. The van der Waals surface area contributed by atoms with Crippen molar-refractivity contribution in [1.82, 2.24) is 0 Å². The number of carbonyl (C=O) groups excluding carboxylic acids is 1. The molecular weight excluding hydrogens is 500 g/mol. The summed E-state index contributed by atoms with van der Waals surface area (Å²) in [5.41, 5.74) is 1.32. The van der Waals surface area contributed by atoms with E-state index in [1.807, 2.05) is 70.0 Å². The van der Waals surface area contributed by atoms with Crippen molar-refractivity contribution in [2.24, 2.45) is 5.92 Å². The maximum absolute atomic E-state index is 13.2. The van der Waals surface area contributed by atoms with Crippen LogP contribution in [-0.2, 0) is 22.1 Å². The van der Waals surface area contributed by atoms with Crippen molar-refractivity contribution in [2.75, 3.05) is 29.0 Å². The molecule has 0 amide bonds. The highest BCUT2D eigenvalue weighted by Gasteiger charge is 2.61. The molecule has 1 N–H and O–H groups in total. The number of halogens is 3. The van der Waals surface area contributed by atoms with Crippen molar-refractivity contribution in [3.63, 3.8) is 0 Å². The molecule has 0 radical (unpaired) electrons. The van der Waals surface area contributed by atoms with E-state index in [0.717, 1.165) is 23.5 Å². The predicted octanol–water partition coefficient (Wildman–Crippen LogP) is 6.72. The molecule has 37 heavy (non-hydrogen) atoms. The van der Waals surface area contributed by atoms with Crippen LogP contribution in [0.1, 0.15) is 18.1 Å². The molecule has 1 aliphatic rings. The van der Waals surface area contributed by atoms with Gasteiger partial charge in [0.1, 0.15) is 5.92 Å². The Morgan fingerprint density at radius 2 is 1.43 bits per heavy atom. The van der Waals surface area contributed by atoms with Gasteiger partial charge in [-0.25, -0.2) is 0 Å². The topological polar surface area (TPSA) is 53.0 Å². The maximum Gasteiger partial charge on any atom is 0.416 e. The first-order valence-electron chi connectivity index (χ1n) is 12.0. The largest absolute Gasteiger partial charge is 0.465 e. The Bertz CT molecular complexity index is 1170.